The Morgan fingerprint density at radius 1 is 1.28 bits per heavy atom. The zero-order valence-electron chi connectivity index (χ0n) is 11.4. The molecule has 5 heteroatoms. The molecule has 106 valence electrons. The van der Waals surface area contributed by atoms with Crippen molar-refractivity contribution in [2.45, 2.75) is 45.3 Å². The van der Waals surface area contributed by atoms with Crippen LogP contribution in [0.5, 0.6) is 0 Å². The first-order chi connectivity index (χ1) is 8.45. The summed E-state index contributed by atoms with van der Waals surface area (Å²) in [6, 6.07) is 0. The van der Waals surface area contributed by atoms with Crippen LogP contribution >= 0.6 is 0 Å². The molecular formula is C13H26N2O3. The fourth-order valence-electron chi connectivity index (χ4n) is 2.47. The average molecular weight is 258 g/mol. The second-order valence-corrected chi connectivity index (χ2v) is 5.55. The zero-order chi connectivity index (χ0) is 13.7. The lowest BCUT2D eigenvalue weighted by Gasteiger charge is -2.21. The first kappa shape index (κ1) is 15.4. The normalized spacial score (nSPS) is 25.8. The van der Waals surface area contributed by atoms with Gasteiger partial charge in [0.15, 0.2) is 0 Å². The summed E-state index contributed by atoms with van der Waals surface area (Å²) in [6.07, 6.45) is 0.660. The molecular weight excluding hydrogens is 232 g/mol. The van der Waals surface area contributed by atoms with Gasteiger partial charge in [-0.3, -0.25) is 4.79 Å². The summed E-state index contributed by atoms with van der Waals surface area (Å²) in [5.41, 5.74) is 5.57. The molecule has 5 nitrogen and oxygen atoms in total. The molecule has 0 spiro atoms. The van der Waals surface area contributed by atoms with E-state index in [1.54, 1.807) is 4.90 Å². The van der Waals surface area contributed by atoms with E-state index >= 15 is 0 Å². The van der Waals surface area contributed by atoms with Crippen LogP contribution < -0.4 is 5.73 Å². The number of likely N-dealkylation sites (tertiary alicyclic amines) is 1. The molecule has 1 fully saturated rings. The van der Waals surface area contributed by atoms with Gasteiger partial charge in [0.05, 0.1) is 12.2 Å². The van der Waals surface area contributed by atoms with E-state index in [2.05, 4.69) is 13.8 Å². The largest absolute Gasteiger partial charge is 0.388 e. The maximum Gasteiger partial charge on any atom is 0.222 e. The molecule has 0 bridgehead atoms. The van der Waals surface area contributed by atoms with E-state index in [-0.39, 0.29) is 19.0 Å². The first-order valence-electron chi connectivity index (χ1n) is 6.79. The lowest BCUT2D eigenvalue weighted by Crippen LogP contribution is -2.30. The maximum absolute atomic E-state index is 11.9. The monoisotopic (exact) mass is 258 g/mol. The van der Waals surface area contributed by atoms with Crippen LogP contribution in [0.2, 0.25) is 0 Å². The molecule has 18 heavy (non-hydrogen) atoms. The predicted octanol–water partition coefficient (Wildman–Crippen LogP) is -0.0484. The number of nitrogens with zero attached hydrogens (tertiary/aromatic N) is 1. The number of hydrogen-bond acceptors (Lipinski definition) is 4. The van der Waals surface area contributed by atoms with Gasteiger partial charge in [-0.05, 0) is 31.2 Å². The fraction of sp³-hybridized carbons (Fsp3) is 0.923. The first-order valence-corrected chi connectivity index (χ1v) is 6.79. The van der Waals surface area contributed by atoms with Crippen molar-refractivity contribution >= 4 is 5.91 Å². The Morgan fingerprint density at radius 3 is 2.28 bits per heavy atom. The Labute approximate surface area is 109 Å². The van der Waals surface area contributed by atoms with Gasteiger partial charge in [-0.25, -0.2) is 0 Å². The Balaban J connectivity index is 2.36. The summed E-state index contributed by atoms with van der Waals surface area (Å²) in [4.78, 5) is 13.5. The summed E-state index contributed by atoms with van der Waals surface area (Å²) in [7, 11) is 0. The van der Waals surface area contributed by atoms with Crippen molar-refractivity contribution < 1.29 is 15.0 Å². The molecule has 1 aliphatic heterocycles. The second-order valence-electron chi connectivity index (χ2n) is 5.55. The Kier molecular flexibility index (Phi) is 6.05. The molecule has 1 saturated heterocycles. The third-order valence-corrected chi connectivity index (χ3v) is 3.82. The molecule has 0 aromatic carbocycles. The number of nitrogens with two attached hydrogens (primary N) is 1. The maximum atomic E-state index is 11.9. The highest BCUT2D eigenvalue weighted by molar-refractivity contribution is 5.76. The molecule has 0 aliphatic carbocycles. The van der Waals surface area contributed by atoms with Gasteiger partial charge < -0.3 is 20.8 Å². The van der Waals surface area contributed by atoms with Gasteiger partial charge in [0, 0.05) is 19.5 Å². The van der Waals surface area contributed by atoms with Crippen LogP contribution in [0, 0.1) is 11.8 Å². The van der Waals surface area contributed by atoms with Crippen molar-refractivity contribution in [2.75, 3.05) is 19.6 Å². The average Bonchev–Trinajstić information content (AvgIpc) is 2.64. The highest BCUT2D eigenvalue weighted by Gasteiger charge is 2.32. The van der Waals surface area contributed by atoms with E-state index in [9.17, 15) is 15.0 Å². The number of rotatable bonds is 6. The summed E-state index contributed by atoms with van der Waals surface area (Å²) < 4.78 is 0. The Bertz CT molecular complexity index is 261. The molecule has 3 unspecified atom stereocenters. The van der Waals surface area contributed by atoms with E-state index < -0.39 is 12.2 Å². The van der Waals surface area contributed by atoms with Gasteiger partial charge in [0.2, 0.25) is 5.91 Å². The van der Waals surface area contributed by atoms with Crippen molar-refractivity contribution in [2.24, 2.45) is 17.6 Å². The molecule has 0 aromatic heterocycles. The van der Waals surface area contributed by atoms with Crippen molar-refractivity contribution in [3.8, 4) is 0 Å². The summed E-state index contributed by atoms with van der Waals surface area (Å²) in [5, 5.41) is 18.8. The van der Waals surface area contributed by atoms with E-state index in [0.717, 1.165) is 12.8 Å². The number of aliphatic hydroxyl groups is 2. The topological polar surface area (TPSA) is 86.8 Å². The van der Waals surface area contributed by atoms with E-state index in [4.69, 9.17) is 5.73 Å². The summed E-state index contributed by atoms with van der Waals surface area (Å²) >= 11 is 0. The third kappa shape index (κ3) is 4.23. The van der Waals surface area contributed by atoms with Gasteiger partial charge in [-0.1, -0.05) is 13.8 Å². The SMILES string of the molecule is CC(C)C(CCN)CCC(=O)N1CC(O)C(O)C1. The molecule has 1 amide bonds. The quantitative estimate of drug-likeness (QED) is 0.623. The van der Waals surface area contributed by atoms with Gasteiger partial charge in [-0.15, -0.1) is 0 Å². The van der Waals surface area contributed by atoms with Crippen molar-refractivity contribution in [3.63, 3.8) is 0 Å². The van der Waals surface area contributed by atoms with Crippen LogP contribution in [0.3, 0.4) is 0 Å². The van der Waals surface area contributed by atoms with Crippen LogP contribution in [0.4, 0.5) is 0 Å². The van der Waals surface area contributed by atoms with E-state index in [1.165, 1.54) is 0 Å². The second kappa shape index (κ2) is 7.07. The molecule has 1 heterocycles. The van der Waals surface area contributed by atoms with Crippen molar-refractivity contribution in [3.05, 3.63) is 0 Å². The standard InChI is InChI=1S/C13H26N2O3/c1-9(2)10(5-6-14)3-4-13(18)15-7-11(16)12(17)8-15/h9-12,16-17H,3-8,14H2,1-2H3. The molecule has 1 aliphatic rings. The number of amides is 1. The van der Waals surface area contributed by atoms with Crippen molar-refractivity contribution in [1.29, 1.82) is 0 Å². The molecule has 0 saturated carbocycles. The van der Waals surface area contributed by atoms with Crippen LogP contribution in [0.1, 0.15) is 33.1 Å². The highest BCUT2D eigenvalue weighted by Crippen LogP contribution is 2.21. The minimum Gasteiger partial charge on any atom is -0.388 e. The van der Waals surface area contributed by atoms with Gasteiger partial charge >= 0.3 is 0 Å². The van der Waals surface area contributed by atoms with Crippen LogP contribution in [0.25, 0.3) is 0 Å². The smallest absolute Gasteiger partial charge is 0.222 e. The minimum absolute atomic E-state index is 0.0215. The van der Waals surface area contributed by atoms with E-state index in [1.807, 2.05) is 0 Å². The number of hydrogen-bond donors (Lipinski definition) is 3. The predicted molar refractivity (Wildman–Crippen MR) is 69.8 cm³/mol. The lowest BCUT2D eigenvalue weighted by molar-refractivity contribution is -0.131. The molecule has 0 aromatic rings. The highest BCUT2D eigenvalue weighted by atomic mass is 16.3. The van der Waals surface area contributed by atoms with Crippen LogP contribution in [-0.2, 0) is 4.79 Å². The summed E-state index contributed by atoms with van der Waals surface area (Å²) in [5.74, 6) is 1.01. The number of β-amino-alcohol motifs (C(OH)–C–C–N with tert-alkyl or cyclic N) is 2. The fourth-order valence-corrected chi connectivity index (χ4v) is 2.47. The summed E-state index contributed by atoms with van der Waals surface area (Å²) in [6.45, 7) is 5.45. The van der Waals surface area contributed by atoms with Crippen LogP contribution in [-0.4, -0.2) is 52.9 Å². The Morgan fingerprint density at radius 2 is 1.83 bits per heavy atom. The van der Waals surface area contributed by atoms with Crippen molar-refractivity contribution in [1.82, 2.24) is 4.90 Å². The molecule has 0 radical (unpaired) electrons. The molecule has 1 rings (SSSR count). The molecule has 4 N–H and O–H groups in total. The van der Waals surface area contributed by atoms with Gasteiger partial charge in [-0.2, -0.15) is 0 Å². The number of aliphatic hydroxyl groups excluding tert-OH is 2. The number of carbonyl (C=O) groups excluding carboxylic acids is 1. The zero-order valence-corrected chi connectivity index (χ0v) is 11.4. The van der Waals surface area contributed by atoms with Gasteiger partial charge in [0.25, 0.3) is 0 Å². The van der Waals surface area contributed by atoms with E-state index in [0.29, 0.717) is 24.8 Å². The minimum atomic E-state index is -0.793. The Hall–Kier alpha value is -0.650. The molecule has 3 atom stereocenters. The van der Waals surface area contributed by atoms with Crippen LogP contribution in [0.15, 0.2) is 0 Å². The number of carbonyl (C=O) groups is 1. The third-order valence-electron chi connectivity index (χ3n) is 3.82. The lowest BCUT2D eigenvalue weighted by atomic mass is 9.88. The van der Waals surface area contributed by atoms with Gasteiger partial charge in [0.1, 0.15) is 0 Å².